The molecule has 0 bridgehead atoms. The molecule has 1 aromatic carbocycles. The van der Waals surface area contributed by atoms with Crippen LogP contribution < -0.4 is 15.4 Å². The molecule has 0 spiro atoms. The Kier molecular flexibility index (Phi) is 7.04. The maximum Gasteiger partial charge on any atom is 0.387 e. The zero-order valence-corrected chi connectivity index (χ0v) is 12.9. The first-order valence-corrected chi connectivity index (χ1v) is 7.06. The average molecular weight is 316 g/mol. The van der Waals surface area contributed by atoms with Gasteiger partial charge in [0.2, 0.25) is 0 Å². The van der Waals surface area contributed by atoms with Crippen LogP contribution in [0.3, 0.4) is 0 Å². The molecule has 5 nitrogen and oxygen atoms in total. The number of halogens is 2. The van der Waals surface area contributed by atoms with Gasteiger partial charge in [-0.15, -0.1) is 0 Å². The van der Waals surface area contributed by atoms with Gasteiger partial charge in [0.1, 0.15) is 5.75 Å². The van der Waals surface area contributed by atoms with E-state index in [2.05, 4.69) is 15.4 Å². The highest BCUT2D eigenvalue weighted by molar-refractivity contribution is 5.92. The van der Waals surface area contributed by atoms with E-state index < -0.39 is 18.7 Å². The van der Waals surface area contributed by atoms with Crippen LogP contribution in [0.1, 0.15) is 25.8 Å². The minimum absolute atomic E-state index is 0.102. The summed E-state index contributed by atoms with van der Waals surface area (Å²) in [7, 11) is 0. The quantitative estimate of drug-likeness (QED) is 0.724. The maximum absolute atomic E-state index is 12.4. The van der Waals surface area contributed by atoms with Gasteiger partial charge in [-0.3, -0.25) is 0 Å². The van der Waals surface area contributed by atoms with Crippen LogP contribution in [-0.4, -0.2) is 30.4 Å². The number of anilines is 1. The smallest absolute Gasteiger partial charge is 0.387 e. The van der Waals surface area contributed by atoms with Crippen molar-refractivity contribution in [1.82, 2.24) is 5.32 Å². The Bertz CT molecular complexity index is 496. The van der Waals surface area contributed by atoms with Gasteiger partial charge in [-0.1, -0.05) is 26.0 Å². The summed E-state index contributed by atoms with van der Waals surface area (Å²) >= 11 is 0. The molecule has 0 unspecified atom stereocenters. The number of hydrogen-bond donors (Lipinski definition) is 3. The molecule has 0 aliphatic carbocycles. The first-order chi connectivity index (χ1) is 10.3. The summed E-state index contributed by atoms with van der Waals surface area (Å²) in [6.45, 7) is 2.44. The zero-order chi connectivity index (χ0) is 16.7. The Morgan fingerprint density at radius 1 is 1.36 bits per heavy atom. The number of carbonyl (C=O) groups is 1. The monoisotopic (exact) mass is 316 g/mol. The van der Waals surface area contributed by atoms with E-state index in [4.69, 9.17) is 0 Å². The van der Waals surface area contributed by atoms with Crippen molar-refractivity contribution < 1.29 is 23.4 Å². The van der Waals surface area contributed by atoms with Crippen LogP contribution in [0.25, 0.3) is 0 Å². The number of carbonyl (C=O) groups excluding carboxylic acids is 1. The second-order valence-corrected chi connectivity index (χ2v) is 5.43. The summed E-state index contributed by atoms with van der Waals surface area (Å²) in [5, 5.41) is 14.4. The van der Waals surface area contributed by atoms with Crippen molar-refractivity contribution in [1.29, 1.82) is 0 Å². The molecule has 0 aromatic heterocycles. The van der Waals surface area contributed by atoms with Crippen molar-refractivity contribution in [3.63, 3.8) is 0 Å². The van der Waals surface area contributed by atoms with E-state index in [0.29, 0.717) is 17.9 Å². The first kappa shape index (κ1) is 18.2. The molecular weight excluding hydrogens is 294 g/mol. The van der Waals surface area contributed by atoms with Gasteiger partial charge in [-0.2, -0.15) is 8.78 Å². The molecule has 124 valence electrons. The van der Waals surface area contributed by atoms with E-state index in [9.17, 15) is 18.7 Å². The van der Waals surface area contributed by atoms with Gasteiger partial charge in [0.25, 0.3) is 0 Å². The molecule has 1 aromatic rings. The number of benzene rings is 1. The van der Waals surface area contributed by atoms with Crippen molar-refractivity contribution in [2.24, 2.45) is 5.92 Å². The minimum atomic E-state index is -2.98. The summed E-state index contributed by atoms with van der Waals surface area (Å²) in [4.78, 5) is 12.0. The van der Waals surface area contributed by atoms with E-state index in [1.54, 1.807) is 19.1 Å². The summed E-state index contributed by atoms with van der Waals surface area (Å²) in [5.74, 6) is 0.197. The number of aliphatic hydroxyl groups is 1. The van der Waals surface area contributed by atoms with Crippen molar-refractivity contribution in [3.8, 4) is 5.75 Å². The van der Waals surface area contributed by atoms with Crippen LogP contribution in [0.5, 0.6) is 5.75 Å². The fourth-order valence-corrected chi connectivity index (χ4v) is 2.08. The minimum Gasteiger partial charge on any atom is -0.433 e. The molecule has 0 heterocycles. The van der Waals surface area contributed by atoms with E-state index in [1.165, 1.54) is 6.07 Å². The number of ether oxygens (including phenoxy) is 1. The number of amides is 2. The standard InChI is InChI=1S/C15H22F2N2O3/c1-9(2)7-11(8-20)18-15(21)19-13-10(3)5-4-6-12(13)22-14(16)17/h4-6,9,11,14,20H,7-8H2,1-3H3,(H2,18,19,21)/t11-/m1/s1. The van der Waals surface area contributed by atoms with Crippen LogP contribution in [0.15, 0.2) is 18.2 Å². The Labute approximate surface area is 128 Å². The molecule has 0 radical (unpaired) electrons. The topological polar surface area (TPSA) is 70.6 Å². The molecule has 7 heteroatoms. The second kappa shape index (κ2) is 8.53. The number of urea groups is 1. The van der Waals surface area contributed by atoms with Gasteiger partial charge < -0.3 is 20.5 Å². The lowest BCUT2D eigenvalue weighted by atomic mass is 10.0. The second-order valence-electron chi connectivity index (χ2n) is 5.43. The Morgan fingerprint density at radius 3 is 2.59 bits per heavy atom. The molecule has 2 amide bonds. The Hall–Kier alpha value is -1.89. The molecule has 22 heavy (non-hydrogen) atoms. The summed E-state index contributed by atoms with van der Waals surface area (Å²) in [6.07, 6.45) is 0.609. The van der Waals surface area contributed by atoms with Gasteiger partial charge in [-0.25, -0.2) is 4.79 Å². The zero-order valence-electron chi connectivity index (χ0n) is 12.9. The first-order valence-electron chi connectivity index (χ1n) is 7.06. The number of aliphatic hydroxyl groups excluding tert-OH is 1. The molecule has 0 aliphatic rings. The molecule has 1 atom stereocenters. The highest BCUT2D eigenvalue weighted by atomic mass is 19.3. The van der Waals surface area contributed by atoms with Crippen molar-refractivity contribution >= 4 is 11.7 Å². The van der Waals surface area contributed by atoms with Crippen LogP contribution in [0.2, 0.25) is 0 Å². The van der Waals surface area contributed by atoms with Crippen LogP contribution >= 0.6 is 0 Å². The maximum atomic E-state index is 12.4. The molecule has 0 aliphatic heterocycles. The fourth-order valence-electron chi connectivity index (χ4n) is 2.08. The van der Waals surface area contributed by atoms with E-state index >= 15 is 0 Å². The lowest BCUT2D eigenvalue weighted by Crippen LogP contribution is -2.41. The number of nitrogens with one attached hydrogen (secondary N) is 2. The number of alkyl halides is 2. The Balaban J connectivity index is 2.78. The molecule has 0 saturated carbocycles. The van der Waals surface area contributed by atoms with Gasteiger partial charge in [0.15, 0.2) is 0 Å². The number of rotatable bonds is 7. The predicted molar refractivity (Wildman–Crippen MR) is 80.3 cm³/mol. The van der Waals surface area contributed by atoms with Crippen LogP contribution in [0, 0.1) is 12.8 Å². The molecule has 1 rings (SSSR count). The normalized spacial score (nSPS) is 12.4. The number of hydrogen-bond acceptors (Lipinski definition) is 3. The molecule has 0 fully saturated rings. The average Bonchev–Trinajstić information content (AvgIpc) is 2.40. The van der Waals surface area contributed by atoms with Gasteiger partial charge >= 0.3 is 12.6 Å². The third kappa shape index (κ3) is 5.85. The van der Waals surface area contributed by atoms with Gasteiger partial charge in [-0.05, 0) is 30.9 Å². The van der Waals surface area contributed by atoms with E-state index in [0.717, 1.165) is 0 Å². The lowest BCUT2D eigenvalue weighted by Gasteiger charge is -2.20. The van der Waals surface area contributed by atoms with Crippen LogP contribution in [0.4, 0.5) is 19.3 Å². The highest BCUT2D eigenvalue weighted by Crippen LogP contribution is 2.29. The largest absolute Gasteiger partial charge is 0.433 e. The lowest BCUT2D eigenvalue weighted by molar-refractivity contribution is -0.0493. The number of aryl methyl sites for hydroxylation is 1. The highest BCUT2D eigenvalue weighted by Gasteiger charge is 2.17. The molecule has 0 saturated heterocycles. The predicted octanol–water partition coefficient (Wildman–Crippen LogP) is 3.12. The molecular formula is C15H22F2N2O3. The van der Waals surface area contributed by atoms with Gasteiger partial charge in [0.05, 0.1) is 18.3 Å². The third-order valence-corrected chi connectivity index (χ3v) is 3.00. The fraction of sp³-hybridized carbons (Fsp3) is 0.533. The van der Waals surface area contributed by atoms with Crippen molar-refractivity contribution in [2.45, 2.75) is 39.8 Å². The number of para-hydroxylation sites is 1. The molecule has 3 N–H and O–H groups in total. The summed E-state index contributed by atoms with van der Waals surface area (Å²) in [5.41, 5.74) is 0.777. The van der Waals surface area contributed by atoms with E-state index in [1.807, 2.05) is 13.8 Å². The van der Waals surface area contributed by atoms with Crippen molar-refractivity contribution in [3.05, 3.63) is 23.8 Å². The third-order valence-electron chi connectivity index (χ3n) is 3.00. The summed E-state index contributed by atoms with van der Waals surface area (Å²) < 4.78 is 29.2. The summed E-state index contributed by atoms with van der Waals surface area (Å²) in [6, 6.07) is 3.61. The van der Waals surface area contributed by atoms with E-state index in [-0.39, 0.29) is 18.0 Å². The Morgan fingerprint density at radius 2 is 2.05 bits per heavy atom. The van der Waals surface area contributed by atoms with Crippen LogP contribution in [-0.2, 0) is 0 Å². The van der Waals surface area contributed by atoms with Crippen molar-refractivity contribution in [2.75, 3.05) is 11.9 Å². The van der Waals surface area contributed by atoms with Gasteiger partial charge in [0, 0.05) is 0 Å². The SMILES string of the molecule is Cc1cccc(OC(F)F)c1NC(=O)N[C@@H](CO)CC(C)C.